The summed E-state index contributed by atoms with van der Waals surface area (Å²) in [6.45, 7) is 2.34. The van der Waals surface area contributed by atoms with E-state index in [-0.39, 0.29) is 12.5 Å². The molecule has 0 saturated heterocycles. The second-order valence-corrected chi connectivity index (χ2v) is 5.39. The molecular weight excluding hydrogens is 213 g/mol. The zero-order valence-electron chi connectivity index (χ0n) is 10.5. The zero-order chi connectivity index (χ0) is 12.3. The normalized spacial score (nSPS) is 28.6. The van der Waals surface area contributed by atoms with Crippen LogP contribution in [0.15, 0.2) is 30.3 Å². The molecule has 1 fully saturated rings. The molecule has 1 aromatic rings. The highest BCUT2D eigenvalue weighted by molar-refractivity contribution is 5.24. The average Bonchev–Trinajstić information content (AvgIpc) is 2.40. The van der Waals surface area contributed by atoms with E-state index in [1.165, 1.54) is 0 Å². The Kier molecular flexibility index (Phi) is 3.82. The molecule has 17 heavy (non-hydrogen) atoms. The van der Waals surface area contributed by atoms with Crippen molar-refractivity contribution in [1.82, 2.24) is 0 Å². The molecule has 1 nitrogen and oxygen atoms in total. The minimum absolute atomic E-state index is 0.0890. The second kappa shape index (κ2) is 5.18. The lowest BCUT2D eigenvalue weighted by Gasteiger charge is -2.37. The van der Waals surface area contributed by atoms with Gasteiger partial charge in [-0.1, -0.05) is 50.1 Å². The van der Waals surface area contributed by atoms with Gasteiger partial charge in [0.05, 0.1) is 0 Å². The van der Waals surface area contributed by atoms with Crippen LogP contribution in [0.1, 0.15) is 38.2 Å². The largest absolute Gasteiger partial charge is 0.327 e. The maximum Gasteiger partial charge on any atom is 0.150 e. The molecule has 94 valence electrons. The van der Waals surface area contributed by atoms with Gasteiger partial charge in [-0.15, -0.1) is 0 Å². The van der Waals surface area contributed by atoms with E-state index in [1.807, 2.05) is 30.3 Å². The Morgan fingerprint density at radius 2 is 1.76 bits per heavy atom. The second-order valence-electron chi connectivity index (χ2n) is 5.39. The van der Waals surface area contributed by atoms with Crippen molar-refractivity contribution >= 4 is 0 Å². The molecule has 1 saturated carbocycles. The summed E-state index contributed by atoms with van der Waals surface area (Å²) in [6, 6.07) is 9.44. The standard InChI is InChI=1S/C15H22FN/c1-12-7-9-14(10-8-12)15(16,11-17)13-5-3-2-4-6-13/h2-6,12,14H,7-11,17H2,1H3. The van der Waals surface area contributed by atoms with Crippen LogP contribution in [0.25, 0.3) is 0 Å². The van der Waals surface area contributed by atoms with Crippen molar-refractivity contribution < 1.29 is 4.39 Å². The summed E-state index contributed by atoms with van der Waals surface area (Å²) in [5.41, 5.74) is 5.15. The SMILES string of the molecule is CC1CCC(C(F)(CN)c2ccccc2)CC1. The van der Waals surface area contributed by atoms with Crippen LogP contribution < -0.4 is 5.73 Å². The van der Waals surface area contributed by atoms with Crippen LogP contribution in [0.3, 0.4) is 0 Å². The summed E-state index contributed by atoms with van der Waals surface area (Å²) < 4.78 is 15.1. The minimum atomic E-state index is -1.33. The number of alkyl halides is 1. The molecule has 0 bridgehead atoms. The van der Waals surface area contributed by atoms with E-state index in [0.29, 0.717) is 0 Å². The van der Waals surface area contributed by atoms with Crippen molar-refractivity contribution in [3.05, 3.63) is 35.9 Å². The van der Waals surface area contributed by atoms with Crippen LogP contribution >= 0.6 is 0 Å². The Morgan fingerprint density at radius 3 is 2.29 bits per heavy atom. The molecule has 2 rings (SSSR count). The third kappa shape index (κ3) is 2.52. The number of hydrogen-bond acceptors (Lipinski definition) is 1. The molecule has 0 radical (unpaired) electrons. The molecule has 0 spiro atoms. The van der Waals surface area contributed by atoms with Crippen molar-refractivity contribution in [2.75, 3.05) is 6.54 Å². The van der Waals surface area contributed by atoms with Gasteiger partial charge in [-0.25, -0.2) is 4.39 Å². The molecule has 1 atom stereocenters. The highest BCUT2D eigenvalue weighted by Gasteiger charge is 2.40. The molecule has 1 aromatic carbocycles. The molecule has 1 unspecified atom stereocenters. The highest BCUT2D eigenvalue weighted by atomic mass is 19.1. The predicted octanol–water partition coefficient (Wildman–Crippen LogP) is 3.64. The Bertz CT molecular complexity index is 343. The monoisotopic (exact) mass is 235 g/mol. The summed E-state index contributed by atoms with van der Waals surface area (Å²) in [4.78, 5) is 0. The Hall–Kier alpha value is -0.890. The number of benzene rings is 1. The van der Waals surface area contributed by atoms with Crippen LogP contribution in [0.4, 0.5) is 4.39 Å². The molecule has 0 aromatic heterocycles. The van der Waals surface area contributed by atoms with Gasteiger partial charge in [0, 0.05) is 6.54 Å². The smallest absolute Gasteiger partial charge is 0.150 e. The first-order valence-electron chi connectivity index (χ1n) is 6.61. The Labute approximate surface area is 103 Å². The first-order valence-corrected chi connectivity index (χ1v) is 6.61. The molecule has 0 amide bonds. The summed E-state index contributed by atoms with van der Waals surface area (Å²) in [5, 5.41) is 0. The number of nitrogens with two attached hydrogens (primary N) is 1. The van der Waals surface area contributed by atoms with Crippen molar-refractivity contribution in [1.29, 1.82) is 0 Å². The topological polar surface area (TPSA) is 26.0 Å². The third-order valence-corrected chi connectivity index (χ3v) is 4.21. The first-order chi connectivity index (χ1) is 8.16. The minimum Gasteiger partial charge on any atom is -0.327 e. The van der Waals surface area contributed by atoms with E-state index in [0.717, 1.165) is 37.2 Å². The quantitative estimate of drug-likeness (QED) is 0.850. The third-order valence-electron chi connectivity index (χ3n) is 4.21. The fourth-order valence-electron chi connectivity index (χ4n) is 2.95. The van der Waals surface area contributed by atoms with Crippen LogP contribution in [0.5, 0.6) is 0 Å². The molecular formula is C15H22FN. The van der Waals surface area contributed by atoms with Gasteiger partial charge in [0.2, 0.25) is 0 Å². The van der Waals surface area contributed by atoms with Gasteiger partial charge in [0.1, 0.15) is 0 Å². The fourth-order valence-corrected chi connectivity index (χ4v) is 2.95. The van der Waals surface area contributed by atoms with Crippen molar-refractivity contribution in [2.45, 2.75) is 38.3 Å². The molecule has 0 aliphatic heterocycles. The molecule has 1 aliphatic carbocycles. The zero-order valence-corrected chi connectivity index (χ0v) is 10.5. The number of halogens is 1. The summed E-state index contributed by atoms with van der Waals surface area (Å²) >= 11 is 0. The number of rotatable bonds is 3. The fraction of sp³-hybridized carbons (Fsp3) is 0.600. The van der Waals surface area contributed by atoms with Gasteiger partial charge in [0.15, 0.2) is 5.67 Å². The van der Waals surface area contributed by atoms with Crippen molar-refractivity contribution in [2.24, 2.45) is 17.6 Å². The molecule has 0 heterocycles. The molecule has 2 heteroatoms. The van der Waals surface area contributed by atoms with E-state index >= 15 is 4.39 Å². The van der Waals surface area contributed by atoms with E-state index in [9.17, 15) is 0 Å². The van der Waals surface area contributed by atoms with Crippen molar-refractivity contribution in [3.63, 3.8) is 0 Å². The maximum atomic E-state index is 15.1. The van der Waals surface area contributed by atoms with Crippen LogP contribution in [0.2, 0.25) is 0 Å². The van der Waals surface area contributed by atoms with Gasteiger partial charge in [0.25, 0.3) is 0 Å². The maximum absolute atomic E-state index is 15.1. The molecule has 1 aliphatic rings. The lowest BCUT2D eigenvalue weighted by Crippen LogP contribution is -2.40. The van der Waals surface area contributed by atoms with Gasteiger partial charge in [-0.2, -0.15) is 0 Å². The van der Waals surface area contributed by atoms with Crippen LogP contribution in [-0.4, -0.2) is 6.54 Å². The van der Waals surface area contributed by atoms with Gasteiger partial charge >= 0.3 is 0 Å². The predicted molar refractivity (Wildman–Crippen MR) is 69.4 cm³/mol. The number of hydrogen-bond donors (Lipinski definition) is 1. The summed E-state index contributed by atoms with van der Waals surface area (Å²) in [6.07, 6.45) is 4.18. The van der Waals surface area contributed by atoms with E-state index < -0.39 is 5.67 Å². The average molecular weight is 235 g/mol. The Balaban J connectivity index is 2.19. The summed E-state index contributed by atoms with van der Waals surface area (Å²) in [5.74, 6) is 0.829. The van der Waals surface area contributed by atoms with E-state index in [4.69, 9.17) is 5.73 Å². The van der Waals surface area contributed by atoms with E-state index in [1.54, 1.807) is 0 Å². The lowest BCUT2D eigenvalue weighted by molar-refractivity contribution is 0.0522. The lowest BCUT2D eigenvalue weighted by atomic mass is 9.72. The van der Waals surface area contributed by atoms with Crippen LogP contribution in [-0.2, 0) is 5.67 Å². The highest BCUT2D eigenvalue weighted by Crippen LogP contribution is 2.42. The molecule has 2 N–H and O–H groups in total. The summed E-state index contributed by atoms with van der Waals surface area (Å²) in [7, 11) is 0. The van der Waals surface area contributed by atoms with Gasteiger partial charge < -0.3 is 5.73 Å². The Morgan fingerprint density at radius 1 is 1.18 bits per heavy atom. The van der Waals surface area contributed by atoms with E-state index in [2.05, 4.69) is 6.92 Å². The van der Waals surface area contributed by atoms with Gasteiger partial charge in [-0.05, 0) is 30.2 Å². The van der Waals surface area contributed by atoms with Crippen molar-refractivity contribution in [3.8, 4) is 0 Å². The first kappa shape index (κ1) is 12.6. The van der Waals surface area contributed by atoms with Gasteiger partial charge in [-0.3, -0.25) is 0 Å². The van der Waals surface area contributed by atoms with Crippen LogP contribution in [0, 0.1) is 11.8 Å².